The number of halogens is 4. The van der Waals surface area contributed by atoms with Crippen LogP contribution in [0.15, 0.2) is 17.9 Å². The summed E-state index contributed by atoms with van der Waals surface area (Å²) in [6.07, 6.45) is 0. The van der Waals surface area contributed by atoms with E-state index >= 15 is 0 Å². The Morgan fingerprint density at radius 2 is 0.833 bits per heavy atom. The Kier molecular flexibility index (Phi) is 3.48. The van der Waals surface area contributed by atoms with Gasteiger partial charge < -0.3 is 0 Å². The molecule has 0 atom stereocenters. The summed E-state index contributed by atoms with van der Waals surface area (Å²) in [6, 6.07) is 0. The molecule has 0 heterocycles. The van der Waals surface area contributed by atoms with Gasteiger partial charge in [0.25, 0.3) is 0 Å². The lowest BCUT2D eigenvalue weighted by atomic mass is 10.1. The van der Waals surface area contributed by atoms with Crippen molar-refractivity contribution in [1.82, 2.24) is 0 Å². The van der Waals surface area contributed by atoms with Crippen molar-refractivity contribution >= 4 is 75.3 Å². The largest absolute Gasteiger partial charge is 0.284 e. The van der Waals surface area contributed by atoms with Gasteiger partial charge in [0.1, 0.15) is 0 Å². The molecule has 0 radical (unpaired) electrons. The Morgan fingerprint density at radius 3 is 1.08 bits per heavy atom. The minimum atomic E-state index is -0.558. The number of Topliss-reactive ketones (excluding diaryl/α,β-unsaturated/α-hetero) is 2. The van der Waals surface area contributed by atoms with Crippen molar-refractivity contribution in [3.63, 3.8) is 0 Å². The van der Waals surface area contributed by atoms with Crippen LogP contribution in [0.5, 0.6) is 0 Å². The summed E-state index contributed by atoms with van der Waals surface area (Å²) in [4.78, 5) is 22.2. The van der Waals surface area contributed by atoms with E-state index in [4.69, 9.17) is 0 Å². The molecule has 12 heavy (non-hydrogen) atoms. The monoisotopic (exact) mass is 420 g/mol. The van der Waals surface area contributed by atoms with Gasteiger partial charge in [-0.15, -0.1) is 0 Å². The quantitative estimate of drug-likeness (QED) is 0.443. The van der Waals surface area contributed by atoms with E-state index in [-0.39, 0.29) is 8.96 Å². The van der Waals surface area contributed by atoms with E-state index in [0.29, 0.717) is 8.96 Å². The van der Waals surface area contributed by atoms with Gasteiger partial charge in [-0.25, -0.2) is 0 Å². The van der Waals surface area contributed by atoms with Crippen LogP contribution in [0.4, 0.5) is 0 Å². The molecule has 1 rings (SSSR count). The number of allylic oxidation sites excluding steroid dienone is 4. The lowest BCUT2D eigenvalue weighted by molar-refractivity contribution is -0.131. The highest BCUT2D eigenvalue weighted by Crippen LogP contribution is 2.38. The third-order valence-electron chi connectivity index (χ3n) is 1.18. The average molecular weight is 424 g/mol. The zero-order valence-corrected chi connectivity index (χ0v) is 11.7. The fourth-order valence-corrected chi connectivity index (χ4v) is 2.64. The van der Waals surface area contributed by atoms with Gasteiger partial charge in [-0.1, -0.05) is 0 Å². The van der Waals surface area contributed by atoms with Gasteiger partial charge in [0.15, 0.2) is 0 Å². The van der Waals surface area contributed by atoms with Crippen LogP contribution in [0.2, 0.25) is 0 Å². The molecule has 0 N–H and O–H groups in total. The molecular formula is C6Br4O2. The van der Waals surface area contributed by atoms with Gasteiger partial charge in [0.05, 0.1) is 17.9 Å². The van der Waals surface area contributed by atoms with Crippen LogP contribution in [0.3, 0.4) is 0 Å². The maximum atomic E-state index is 11.1. The molecule has 0 unspecified atom stereocenters. The van der Waals surface area contributed by atoms with Crippen LogP contribution in [-0.4, -0.2) is 11.6 Å². The van der Waals surface area contributed by atoms with Gasteiger partial charge in [-0.2, -0.15) is 0 Å². The predicted octanol–water partition coefficient (Wildman–Crippen LogP) is 3.14. The maximum absolute atomic E-state index is 11.1. The summed E-state index contributed by atoms with van der Waals surface area (Å²) in [5, 5.41) is 0. The first-order valence-corrected chi connectivity index (χ1v) is 5.84. The average Bonchev–Trinajstić information content (AvgIpc) is 2.08. The zero-order chi connectivity index (χ0) is 9.46. The molecule has 64 valence electrons. The molecule has 1 aliphatic carbocycles. The van der Waals surface area contributed by atoms with Crippen LogP contribution in [0, 0.1) is 0 Å². The third kappa shape index (κ3) is 1.66. The molecule has 0 aromatic rings. The standard InChI is InChI=1S/C6Br4O2/c7-1-2(8)4(10)6(12)5(11)3(1)9. The van der Waals surface area contributed by atoms with Crippen LogP contribution in [-0.2, 0) is 9.59 Å². The van der Waals surface area contributed by atoms with Crippen LogP contribution >= 0.6 is 63.7 Å². The van der Waals surface area contributed by atoms with Crippen LogP contribution in [0.1, 0.15) is 0 Å². The maximum Gasteiger partial charge on any atom is 0.242 e. The van der Waals surface area contributed by atoms with Crippen molar-refractivity contribution in [1.29, 1.82) is 0 Å². The van der Waals surface area contributed by atoms with Gasteiger partial charge in [0.2, 0.25) is 11.6 Å². The summed E-state index contributed by atoms with van der Waals surface area (Å²) in [7, 11) is 0. The summed E-state index contributed by atoms with van der Waals surface area (Å²) in [5.41, 5.74) is 0. The number of rotatable bonds is 0. The normalized spacial score (nSPS) is 19.3. The molecule has 0 aromatic heterocycles. The minimum Gasteiger partial charge on any atom is -0.284 e. The smallest absolute Gasteiger partial charge is 0.242 e. The Labute approximate surface area is 102 Å². The molecule has 0 bridgehead atoms. The van der Waals surface area contributed by atoms with E-state index in [1.54, 1.807) is 0 Å². The summed E-state index contributed by atoms with van der Waals surface area (Å²) in [5.74, 6) is -1.12. The first kappa shape index (κ1) is 10.8. The molecule has 0 saturated heterocycles. The van der Waals surface area contributed by atoms with Crippen LogP contribution in [0.25, 0.3) is 0 Å². The Bertz CT molecular complexity index is 290. The van der Waals surface area contributed by atoms with E-state index in [1.807, 2.05) is 0 Å². The summed E-state index contributed by atoms with van der Waals surface area (Å²) >= 11 is 12.3. The highest BCUT2D eigenvalue weighted by molar-refractivity contribution is 9.17. The van der Waals surface area contributed by atoms with E-state index in [1.165, 1.54) is 0 Å². The molecule has 0 aliphatic heterocycles. The Hall–Kier alpha value is 0.740. The molecule has 2 nitrogen and oxygen atoms in total. The van der Waals surface area contributed by atoms with Crippen molar-refractivity contribution in [2.75, 3.05) is 0 Å². The molecule has 0 aromatic carbocycles. The zero-order valence-electron chi connectivity index (χ0n) is 5.33. The van der Waals surface area contributed by atoms with Crippen molar-refractivity contribution in [2.24, 2.45) is 0 Å². The van der Waals surface area contributed by atoms with Crippen molar-refractivity contribution in [2.45, 2.75) is 0 Å². The minimum absolute atomic E-state index is 0.238. The predicted molar refractivity (Wildman–Crippen MR) is 59.8 cm³/mol. The van der Waals surface area contributed by atoms with Crippen molar-refractivity contribution in [3.8, 4) is 0 Å². The molecule has 0 fully saturated rings. The lowest BCUT2D eigenvalue weighted by Gasteiger charge is -2.10. The van der Waals surface area contributed by atoms with E-state index < -0.39 is 11.6 Å². The van der Waals surface area contributed by atoms with E-state index in [9.17, 15) is 9.59 Å². The Balaban J connectivity index is 3.37. The van der Waals surface area contributed by atoms with Gasteiger partial charge >= 0.3 is 0 Å². The number of hydrogen-bond donors (Lipinski definition) is 0. The first-order valence-electron chi connectivity index (χ1n) is 2.66. The highest BCUT2D eigenvalue weighted by atomic mass is 79.9. The lowest BCUT2D eigenvalue weighted by Crippen LogP contribution is -2.18. The molecule has 1 aliphatic rings. The van der Waals surface area contributed by atoms with E-state index in [2.05, 4.69) is 63.7 Å². The fourth-order valence-electron chi connectivity index (χ4n) is 0.591. The highest BCUT2D eigenvalue weighted by Gasteiger charge is 2.30. The van der Waals surface area contributed by atoms with Gasteiger partial charge in [-0.3, -0.25) is 9.59 Å². The summed E-state index contributed by atoms with van der Waals surface area (Å²) < 4.78 is 1.56. The second-order valence-corrected chi connectivity index (χ2v) is 5.09. The Morgan fingerprint density at radius 1 is 0.583 bits per heavy atom. The van der Waals surface area contributed by atoms with E-state index in [0.717, 1.165) is 0 Å². The fraction of sp³-hybridized carbons (Fsp3) is 0. The molecule has 0 saturated carbocycles. The second-order valence-electron chi connectivity index (χ2n) is 1.91. The number of hydrogen-bond acceptors (Lipinski definition) is 2. The topological polar surface area (TPSA) is 34.1 Å². The molecule has 0 spiro atoms. The molecule has 0 amide bonds. The molecule has 6 heteroatoms. The SMILES string of the molecule is O=C1C(=O)C(Br)=C(Br)C(Br)=C1Br. The van der Waals surface area contributed by atoms with Gasteiger partial charge in [-0.05, 0) is 63.7 Å². The van der Waals surface area contributed by atoms with Crippen molar-refractivity contribution < 1.29 is 9.59 Å². The number of ketones is 2. The second kappa shape index (κ2) is 3.86. The third-order valence-corrected chi connectivity index (χ3v) is 5.88. The summed E-state index contributed by atoms with van der Waals surface area (Å²) in [6.45, 7) is 0. The van der Waals surface area contributed by atoms with Gasteiger partial charge in [0, 0.05) is 0 Å². The van der Waals surface area contributed by atoms with Crippen molar-refractivity contribution in [3.05, 3.63) is 17.9 Å². The van der Waals surface area contributed by atoms with Crippen LogP contribution < -0.4 is 0 Å². The number of carbonyl (C=O) groups is 2. The molecular weight excluding hydrogens is 424 g/mol. The first-order chi connectivity index (χ1) is 5.46. The number of carbonyl (C=O) groups excluding carboxylic acids is 2.